The number of carbonyl (C=O) groups is 1. The molecular formula is C20H20FN5O2. The molecule has 3 aromatic rings. The quantitative estimate of drug-likeness (QED) is 0.703. The van der Waals surface area contributed by atoms with Crippen LogP contribution >= 0.6 is 0 Å². The summed E-state index contributed by atoms with van der Waals surface area (Å²) in [6.07, 6.45) is 6.22. The van der Waals surface area contributed by atoms with Crippen molar-refractivity contribution < 1.29 is 13.6 Å². The van der Waals surface area contributed by atoms with Crippen LogP contribution in [0.15, 0.2) is 29.1 Å². The van der Waals surface area contributed by atoms with Crippen molar-refractivity contribution >= 4 is 22.8 Å². The van der Waals surface area contributed by atoms with E-state index >= 15 is 0 Å². The van der Waals surface area contributed by atoms with Crippen LogP contribution in [0, 0.1) is 12.7 Å². The summed E-state index contributed by atoms with van der Waals surface area (Å²) in [5.41, 5.74) is 0.903. The van der Waals surface area contributed by atoms with E-state index in [-0.39, 0.29) is 11.4 Å². The zero-order chi connectivity index (χ0) is 19.5. The van der Waals surface area contributed by atoms with Crippen LogP contribution in [0.25, 0.3) is 11.1 Å². The van der Waals surface area contributed by atoms with E-state index in [2.05, 4.69) is 32.5 Å². The minimum atomic E-state index is -0.563. The molecule has 28 heavy (non-hydrogen) atoms. The lowest BCUT2D eigenvalue weighted by molar-refractivity contribution is 0.0929. The lowest BCUT2D eigenvalue weighted by atomic mass is 10.1. The average Bonchev–Trinajstić information content (AvgIpc) is 3.55. The van der Waals surface area contributed by atoms with Crippen LogP contribution in [-0.4, -0.2) is 26.4 Å². The maximum Gasteiger partial charge on any atom is 0.256 e. The van der Waals surface area contributed by atoms with Crippen molar-refractivity contribution in [2.24, 2.45) is 0 Å². The Morgan fingerprint density at radius 1 is 1.18 bits per heavy atom. The molecule has 0 aromatic carbocycles. The summed E-state index contributed by atoms with van der Waals surface area (Å²) in [4.78, 5) is 25.9. The summed E-state index contributed by atoms with van der Waals surface area (Å²) in [6.45, 7) is 3.86. The number of hydrogen-bond acceptors (Lipinski definition) is 6. The molecule has 7 nitrogen and oxygen atoms in total. The number of fused-ring (bicyclic) bond motifs is 1. The number of hydrogen-bond donors (Lipinski definition) is 2. The highest BCUT2D eigenvalue weighted by Gasteiger charge is 2.48. The number of pyridine rings is 1. The molecule has 0 unspecified atom stereocenters. The molecule has 2 N–H and O–H groups in total. The van der Waals surface area contributed by atoms with Gasteiger partial charge in [-0.15, -0.1) is 0 Å². The first kappa shape index (κ1) is 17.1. The Kier molecular flexibility index (Phi) is 3.50. The molecule has 144 valence electrons. The van der Waals surface area contributed by atoms with Gasteiger partial charge in [-0.2, -0.15) is 0 Å². The van der Waals surface area contributed by atoms with E-state index < -0.39 is 11.4 Å². The molecular weight excluding hydrogens is 361 g/mol. The number of nitrogens with one attached hydrogen (secondary N) is 2. The predicted octanol–water partition coefficient (Wildman–Crippen LogP) is 3.45. The Labute approximate surface area is 160 Å². The summed E-state index contributed by atoms with van der Waals surface area (Å²) in [7, 11) is 0. The number of carbonyl (C=O) groups excluding carboxylic acids is 1. The van der Waals surface area contributed by atoms with Gasteiger partial charge >= 0.3 is 0 Å². The SMILES string of the molecule is Cc1oc2ncnc(NC3(C)CC3)c2c1C(=O)NC1(c2ccc(F)cn2)CC1. The molecule has 2 aliphatic rings. The highest BCUT2D eigenvalue weighted by Crippen LogP contribution is 2.45. The minimum Gasteiger partial charge on any atom is -0.442 e. The Hall–Kier alpha value is -3.03. The van der Waals surface area contributed by atoms with Gasteiger partial charge in [0, 0.05) is 5.54 Å². The van der Waals surface area contributed by atoms with Crippen molar-refractivity contribution in [2.45, 2.75) is 50.6 Å². The van der Waals surface area contributed by atoms with E-state index in [1.807, 2.05) is 0 Å². The van der Waals surface area contributed by atoms with Gasteiger partial charge in [0.05, 0.1) is 28.4 Å². The smallest absolute Gasteiger partial charge is 0.256 e. The standard InChI is InChI=1S/C20H20FN5O2/c1-11-14(15-16(25-19(2)5-6-19)23-10-24-18(15)28-11)17(27)26-20(7-8-20)13-4-3-12(21)9-22-13/h3-4,9-10H,5-8H2,1-2H3,(H,26,27)(H,23,24,25). The van der Waals surface area contributed by atoms with Crippen molar-refractivity contribution in [3.05, 3.63) is 47.5 Å². The third-order valence-electron chi connectivity index (χ3n) is 5.63. The number of halogens is 1. The first-order valence-electron chi connectivity index (χ1n) is 9.36. The Bertz CT molecular complexity index is 1080. The largest absolute Gasteiger partial charge is 0.442 e. The summed E-state index contributed by atoms with van der Waals surface area (Å²) >= 11 is 0. The number of furan rings is 1. The lowest BCUT2D eigenvalue weighted by Gasteiger charge is -2.17. The van der Waals surface area contributed by atoms with E-state index in [0.717, 1.165) is 25.7 Å². The highest BCUT2D eigenvalue weighted by atomic mass is 19.1. The molecule has 0 radical (unpaired) electrons. The number of anilines is 1. The van der Waals surface area contributed by atoms with Crippen LogP contribution in [0.2, 0.25) is 0 Å². The third kappa shape index (κ3) is 2.80. The van der Waals surface area contributed by atoms with Crippen molar-refractivity contribution in [1.82, 2.24) is 20.3 Å². The fraction of sp³-hybridized carbons (Fsp3) is 0.400. The Morgan fingerprint density at radius 3 is 2.61 bits per heavy atom. The fourth-order valence-electron chi connectivity index (χ4n) is 3.52. The van der Waals surface area contributed by atoms with Crippen LogP contribution in [0.4, 0.5) is 10.2 Å². The maximum atomic E-state index is 13.2. The molecule has 0 bridgehead atoms. The summed E-state index contributed by atoms with van der Waals surface area (Å²) in [5.74, 6) is 0.430. The van der Waals surface area contributed by atoms with Crippen LogP contribution < -0.4 is 10.6 Å². The molecule has 0 saturated heterocycles. The highest BCUT2D eigenvalue weighted by molar-refractivity contribution is 6.10. The van der Waals surface area contributed by atoms with E-state index in [0.29, 0.717) is 33.9 Å². The van der Waals surface area contributed by atoms with Crippen molar-refractivity contribution in [1.29, 1.82) is 0 Å². The Morgan fingerprint density at radius 2 is 1.96 bits per heavy atom. The van der Waals surface area contributed by atoms with Gasteiger partial charge in [0.1, 0.15) is 23.7 Å². The summed E-state index contributed by atoms with van der Waals surface area (Å²) in [5, 5.41) is 7.08. The van der Waals surface area contributed by atoms with Gasteiger partial charge in [-0.05, 0) is 51.7 Å². The van der Waals surface area contributed by atoms with E-state index in [1.54, 1.807) is 13.0 Å². The number of nitrogens with zero attached hydrogens (tertiary/aromatic N) is 3. The molecule has 0 spiro atoms. The maximum absolute atomic E-state index is 13.2. The van der Waals surface area contributed by atoms with Crippen LogP contribution in [0.5, 0.6) is 0 Å². The molecule has 0 aliphatic heterocycles. The van der Waals surface area contributed by atoms with Crippen molar-refractivity contribution in [3.8, 4) is 0 Å². The van der Waals surface area contributed by atoms with Gasteiger partial charge in [-0.3, -0.25) is 9.78 Å². The molecule has 3 heterocycles. The average molecular weight is 381 g/mol. The zero-order valence-electron chi connectivity index (χ0n) is 15.7. The van der Waals surface area contributed by atoms with Gasteiger partial charge in [0.2, 0.25) is 5.71 Å². The third-order valence-corrected chi connectivity index (χ3v) is 5.63. The zero-order valence-corrected chi connectivity index (χ0v) is 15.7. The monoisotopic (exact) mass is 381 g/mol. The number of rotatable bonds is 5. The van der Waals surface area contributed by atoms with E-state index in [9.17, 15) is 9.18 Å². The molecule has 2 saturated carbocycles. The van der Waals surface area contributed by atoms with E-state index in [1.165, 1.54) is 18.6 Å². The van der Waals surface area contributed by atoms with Crippen molar-refractivity contribution in [2.75, 3.05) is 5.32 Å². The second kappa shape index (κ2) is 5.73. The molecule has 5 rings (SSSR count). The van der Waals surface area contributed by atoms with Crippen LogP contribution in [0.1, 0.15) is 54.4 Å². The summed E-state index contributed by atoms with van der Waals surface area (Å²) in [6, 6.07) is 2.98. The number of aromatic nitrogens is 3. The molecule has 8 heteroatoms. The molecule has 3 aromatic heterocycles. The van der Waals surface area contributed by atoms with E-state index in [4.69, 9.17) is 4.42 Å². The van der Waals surface area contributed by atoms with Gasteiger partial charge in [-0.1, -0.05) is 0 Å². The normalized spacial score (nSPS) is 18.7. The molecule has 0 atom stereocenters. The molecule has 2 fully saturated rings. The van der Waals surface area contributed by atoms with Gasteiger partial charge in [-0.25, -0.2) is 14.4 Å². The minimum absolute atomic E-state index is 0.00402. The first-order chi connectivity index (χ1) is 13.4. The van der Waals surface area contributed by atoms with Gasteiger partial charge in [0.25, 0.3) is 5.91 Å². The van der Waals surface area contributed by atoms with Crippen molar-refractivity contribution in [3.63, 3.8) is 0 Å². The lowest BCUT2D eigenvalue weighted by Crippen LogP contribution is -2.35. The predicted molar refractivity (Wildman–Crippen MR) is 100 cm³/mol. The Balaban J connectivity index is 1.51. The van der Waals surface area contributed by atoms with Gasteiger partial charge in [0.15, 0.2) is 0 Å². The topological polar surface area (TPSA) is 92.9 Å². The number of amides is 1. The van der Waals surface area contributed by atoms with Crippen LogP contribution in [-0.2, 0) is 5.54 Å². The second-order valence-corrected chi connectivity index (χ2v) is 8.02. The van der Waals surface area contributed by atoms with Gasteiger partial charge < -0.3 is 15.1 Å². The fourth-order valence-corrected chi connectivity index (χ4v) is 3.52. The second-order valence-electron chi connectivity index (χ2n) is 8.02. The molecule has 2 aliphatic carbocycles. The molecule has 1 amide bonds. The number of aryl methyl sites for hydroxylation is 1. The van der Waals surface area contributed by atoms with Crippen LogP contribution in [0.3, 0.4) is 0 Å². The summed E-state index contributed by atoms with van der Waals surface area (Å²) < 4.78 is 18.9. The first-order valence-corrected chi connectivity index (χ1v) is 9.36.